The number of pyridine rings is 2. The lowest BCUT2D eigenvalue weighted by molar-refractivity contribution is -0.697. The molecule has 0 unspecified atom stereocenters. The molecular weight excluding hydrogens is 510 g/mol. The first-order valence-electron chi connectivity index (χ1n) is 13.3. The van der Waals surface area contributed by atoms with Gasteiger partial charge in [-0.2, -0.15) is 0 Å². The van der Waals surface area contributed by atoms with Gasteiger partial charge in [0.15, 0.2) is 31.3 Å². The van der Waals surface area contributed by atoms with Crippen molar-refractivity contribution >= 4 is 14.9 Å². The van der Waals surface area contributed by atoms with Gasteiger partial charge in [-0.1, -0.05) is 68.9 Å². The van der Waals surface area contributed by atoms with Crippen molar-refractivity contribution in [2.75, 3.05) is 6.61 Å². The van der Waals surface area contributed by atoms with E-state index in [1.165, 1.54) is 68.1 Å². The maximum absolute atomic E-state index is 9.78. The van der Waals surface area contributed by atoms with E-state index in [9.17, 15) is 17.3 Å². The Morgan fingerprint density at radius 3 is 1.38 bits per heavy atom. The molecule has 11 heteroatoms. The van der Waals surface area contributed by atoms with Crippen LogP contribution in [0.2, 0.25) is 0 Å². The van der Waals surface area contributed by atoms with Crippen LogP contribution in [0.5, 0.6) is 0 Å². The fourth-order valence-corrected chi connectivity index (χ4v) is 3.99. The fraction of sp³-hybridized carbons (Fsp3) is 0.429. The summed E-state index contributed by atoms with van der Waals surface area (Å²) in [6.45, 7) is 2.35. The van der Waals surface area contributed by atoms with Crippen molar-refractivity contribution in [3.63, 3.8) is 0 Å². The summed E-state index contributed by atoms with van der Waals surface area (Å²) < 4.78 is 43.6. The van der Waals surface area contributed by atoms with Gasteiger partial charge in [0, 0.05) is 42.9 Å². The minimum Gasteiger partial charge on any atom is -0.824 e. The lowest BCUT2D eigenvalue weighted by Gasteiger charge is -2.03. The standard InChI is InChI=1S/C28H38N2O.2BF2O/c31-24-12-7-5-3-1-2-4-6-11-19-29-20-15-27(16-21-29)28-17-22-30(23-18-28)25-26-13-9-8-10-14-26;2*2-1(3)4/h8-10,13-18,20-23,31H,1-7,11-12,19,24-25H2;;/q+2;2*-1. The molecule has 0 saturated carbocycles. The van der Waals surface area contributed by atoms with Crippen molar-refractivity contribution in [1.82, 2.24) is 0 Å². The molecule has 39 heavy (non-hydrogen) atoms. The summed E-state index contributed by atoms with van der Waals surface area (Å²) in [6, 6.07) is 19.4. The number of benzene rings is 1. The highest BCUT2D eigenvalue weighted by Crippen LogP contribution is 2.16. The Labute approximate surface area is 230 Å². The highest BCUT2D eigenvalue weighted by molar-refractivity contribution is 6.30. The van der Waals surface area contributed by atoms with Gasteiger partial charge >= 0.3 is 14.9 Å². The van der Waals surface area contributed by atoms with Crippen molar-refractivity contribution in [1.29, 1.82) is 0 Å². The molecule has 212 valence electrons. The number of aliphatic hydroxyl groups excluding tert-OH is 1. The monoisotopic (exact) mass is 548 g/mol. The first kappa shape index (κ1) is 34.3. The van der Waals surface area contributed by atoms with Crippen molar-refractivity contribution in [3.8, 4) is 11.1 Å². The van der Waals surface area contributed by atoms with E-state index in [4.69, 9.17) is 15.2 Å². The van der Waals surface area contributed by atoms with Crippen LogP contribution in [0.15, 0.2) is 79.4 Å². The zero-order valence-corrected chi connectivity index (χ0v) is 22.3. The van der Waals surface area contributed by atoms with Gasteiger partial charge in [0.2, 0.25) is 0 Å². The summed E-state index contributed by atoms with van der Waals surface area (Å²) in [5.41, 5.74) is 3.85. The normalized spacial score (nSPS) is 10.1. The van der Waals surface area contributed by atoms with E-state index in [-0.39, 0.29) is 0 Å². The molecule has 0 fully saturated rings. The molecule has 0 bridgehead atoms. The summed E-state index contributed by atoms with van der Waals surface area (Å²) in [7, 11) is -6.83. The Kier molecular flexibility index (Phi) is 19.4. The van der Waals surface area contributed by atoms with Crippen LogP contribution in [0, 0.1) is 0 Å². The van der Waals surface area contributed by atoms with Crippen LogP contribution in [0.1, 0.15) is 63.4 Å². The highest BCUT2D eigenvalue weighted by atomic mass is 19.2. The third-order valence-electron chi connectivity index (χ3n) is 5.90. The second-order valence-electron chi connectivity index (χ2n) is 9.00. The lowest BCUT2D eigenvalue weighted by atomic mass is 10.1. The maximum atomic E-state index is 9.78. The van der Waals surface area contributed by atoms with Gasteiger partial charge in [-0.3, -0.25) is 0 Å². The number of rotatable bonds is 14. The molecule has 0 atom stereocenters. The highest BCUT2D eigenvalue weighted by Gasteiger charge is 2.06. The van der Waals surface area contributed by atoms with Gasteiger partial charge in [-0.05, 0) is 24.0 Å². The fourth-order valence-electron chi connectivity index (χ4n) is 3.99. The quantitative estimate of drug-likeness (QED) is 0.143. The Morgan fingerprint density at radius 2 is 0.949 bits per heavy atom. The van der Waals surface area contributed by atoms with E-state index in [0.29, 0.717) is 6.61 Å². The van der Waals surface area contributed by atoms with Crippen LogP contribution in [0.3, 0.4) is 0 Å². The van der Waals surface area contributed by atoms with E-state index in [1.54, 1.807) is 0 Å². The number of aromatic nitrogens is 2. The van der Waals surface area contributed by atoms with E-state index >= 15 is 0 Å². The number of halogens is 4. The van der Waals surface area contributed by atoms with Crippen molar-refractivity contribution < 1.29 is 41.6 Å². The smallest absolute Gasteiger partial charge is 0.447 e. The largest absolute Gasteiger partial charge is 0.824 e. The van der Waals surface area contributed by atoms with Crippen LogP contribution in [0.4, 0.5) is 17.3 Å². The second kappa shape index (κ2) is 22.1. The zero-order chi connectivity index (χ0) is 28.7. The minimum absolute atomic E-state index is 0.346. The molecule has 2 heterocycles. The molecule has 1 N–H and O–H groups in total. The minimum atomic E-state index is -3.42. The Bertz CT molecular complexity index is 959. The number of nitrogens with zero attached hydrogens (tertiary/aromatic N) is 2. The van der Waals surface area contributed by atoms with Crippen molar-refractivity contribution in [2.24, 2.45) is 0 Å². The summed E-state index contributed by atoms with van der Waals surface area (Å²) in [4.78, 5) is 0. The predicted octanol–water partition coefficient (Wildman–Crippen LogP) is 4.02. The molecule has 0 amide bonds. The van der Waals surface area contributed by atoms with E-state index in [2.05, 4.69) is 88.5 Å². The van der Waals surface area contributed by atoms with Crippen LogP contribution in [-0.4, -0.2) is 26.7 Å². The third-order valence-corrected chi connectivity index (χ3v) is 5.90. The average Bonchev–Trinajstić information content (AvgIpc) is 2.91. The summed E-state index contributed by atoms with van der Waals surface area (Å²) in [5.74, 6) is 0. The molecule has 0 aliphatic heterocycles. The van der Waals surface area contributed by atoms with Gasteiger partial charge in [0.1, 0.15) is 6.54 Å². The Hall–Kier alpha value is -2.75. The van der Waals surface area contributed by atoms with Gasteiger partial charge in [0.25, 0.3) is 0 Å². The van der Waals surface area contributed by atoms with Crippen molar-refractivity contribution in [2.45, 2.75) is 70.9 Å². The second-order valence-corrected chi connectivity index (χ2v) is 9.00. The molecule has 1 aromatic carbocycles. The average molecular weight is 548 g/mol. The molecule has 5 nitrogen and oxygen atoms in total. The van der Waals surface area contributed by atoms with Gasteiger partial charge in [-0.25, -0.2) is 9.13 Å². The summed E-state index contributed by atoms with van der Waals surface area (Å²) in [5, 5.41) is 25.2. The van der Waals surface area contributed by atoms with E-state index in [0.717, 1.165) is 19.5 Å². The molecule has 3 aromatic rings. The first-order chi connectivity index (χ1) is 18.8. The van der Waals surface area contributed by atoms with E-state index in [1.807, 2.05) is 0 Å². The number of aryl methyl sites for hydroxylation is 1. The van der Waals surface area contributed by atoms with Gasteiger partial charge < -0.3 is 32.4 Å². The first-order valence-corrected chi connectivity index (χ1v) is 13.3. The zero-order valence-electron chi connectivity index (χ0n) is 22.3. The molecular formula is C28H38B2F4N2O3. The number of unbranched alkanes of at least 4 members (excludes halogenated alkanes) is 8. The van der Waals surface area contributed by atoms with Gasteiger partial charge in [0.05, 0.1) is 0 Å². The molecule has 2 aromatic heterocycles. The number of aliphatic hydroxyl groups is 1. The Morgan fingerprint density at radius 1 is 0.564 bits per heavy atom. The van der Waals surface area contributed by atoms with Gasteiger partial charge in [-0.15, -0.1) is 0 Å². The van der Waals surface area contributed by atoms with Crippen molar-refractivity contribution in [3.05, 3.63) is 84.9 Å². The number of hydrogen-bond donors (Lipinski definition) is 1. The maximum Gasteiger partial charge on any atom is 0.447 e. The van der Waals surface area contributed by atoms with E-state index < -0.39 is 14.9 Å². The van der Waals surface area contributed by atoms with Crippen LogP contribution < -0.4 is 19.2 Å². The van der Waals surface area contributed by atoms with Crippen LogP contribution in [0.25, 0.3) is 11.1 Å². The molecule has 0 spiro atoms. The predicted molar refractivity (Wildman–Crippen MR) is 142 cm³/mol. The topological polar surface area (TPSA) is 74.1 Å². The lowest BCUT2D eigenvalue weighted by Crippen LogP contribution is -2.33. The molecule has 3 rings (SSSR count). The SMILES string of the molecule is OCCCCCCCCCCC[n+]1ccc(-c2cc[n+](Cc3ccccc3)cc2)cc1.[O-]B(F)F.[O-]B(F)F. The summed E-state index contributed by atoms with van der Waals surface area (Å²) >= 11 is 0. The van der Waals surface area contributed by atoms with Crippen LogP contribution >= 0.6 is 0 Å². The molecule has 0 radical (unpaired) electrons. The van der Waals surface area contributed by atoms with Crippen LogP contribution in [-0.2, 0) is 13.1 Å². The molecule has 0 aliphatic carbocycles. The number of hydrogen-bond acceptors (Lipinski definition) is 3. The summed E-state index contributed by atoms with van der Waals surface area (Å²) in [6.07, 6.45) is 20.1. The third kappa shape index (κ3) is 19.0. The molecule has 0 aliphatic rings. The Balaban J connectivity index is 0.000000838. The molecule has 0 saturated heterocycles.